The first-order valence-corrected chi connectivity index (χ1v) is 5.17. The molecule has 1 aliphatic carbocycles. The summed E-state index contributed by atoms with van der Waals surface area (Å²) in [5.41, 5.74) is 5.99. The highest BCUT2D eigenvalue weighted by Crippen LogP contribution is 2.22. The molecule has 2 heteroatoms. The van der Waals surface area contributed by atoms with Crippen molar-refractivity contribution in [1.29, 1.82) is 0 Å². The van der Waals surface area contributed by atoms with Crippen molar-refractivity contribution in [3.8, 4) is 0 Å². The monoisotopic (exact) mass is 193 g/mol. The van der Waals surface area contributed by atoms with Gasteiger partial charge in [-0.25, -0.2) is 0 Å². The van der Waals surface area contributed by atoms with Gasteiger partial charge in [0.15, 0.2) is 0 Å². The largest absolute Gasteiger partial charge is 0.490 e. The van der Waals surface area contributed by atoms with E-state index in [0.717, 1.165) is 18.6 Å². The lowest BCUT2D eigenvalue weighted by Crippen LogP contribution is -2.16. The van der Waals surface area contributed by atoms with Crippen LogP contribution in [0.15, 0.2) is 36.8 Å². The van der Waals surface area contributed by atoms with E-state index in [1.54, 1.807) is 12.2 Å². The van der Waals surface area contributed by atoms with E-state index in [-0.39, 0.29) is 0 Å². The van der Waals surface area contributed by atoms with E-state index in [1.165, 1.54) is 19.3 Å². The molecule has 78 valence electrons. The van der Waals surface area contributed by atoms with Gasteiger partial charge in [-0.3, -0.25) is 0 Å². The smallest absolute Gasteiger partial charge is 0.121 e. The normalized spacial score (nSPS) is 19.0. The zero-order valence-electron chi connectivity index (χ0n) is 8.67. The van der Waals surface area contributed by atoms with Gasteiger partial charge in [-0.05, 0) is 31.8 Å². The van der Waals surface area contributed by atoms with Gasteiger partial charge in [0.2, 0.25) is 0 Å². The predicted molar refractivity (Wildman–Crippen MR) is 59.6 cm³/mol. The first kappa shape index (κ1) is 10.9. The fourth-order valence-corrected chi connectivity index (χ4v) is 1.70. The average Bonchev–Trinajstić information content (AvgIpc) is 2.17. The van der Waals surface area contributed by atoms with Crippen LogP contribution in [-0.2, 0) is 4.74 Å². The highest BCUT2D eigenvalue weighted by Gasteiger charge is 2.14. The maximum atomic E-state index is 5.75. The molecule has 1 aliphatic rings. The highest BCUT2D eigenvalue weighted by molar-refractivity contribution is 5.20. The Morgan fingerprint density at radius 2 is 1.93 bits per heavy atom. The van der Waals surface area contributed by atoms with Crippen molar-refractivity contribution in [2.45, 2.75) is 38.2 Å². The van der Waals surface area contributed by atoms with Crippen molar-refractivity contribution in [3.63, 3.8) is 0 Å². The van der Waals surface area contributed by atoms with Gasteiger partial charge < -0.3 is 10.5 Å². The molecule has 0 unspecified atom stereocenters. The lowest BCUT2D eigenvalue weighted by molar-refractivity contribution is 0.0900. The minimum absolute atomic E-state index is 0.340. The van der Waals surface area contributed by atoms with Crippen LogP contribution in [0.25, 0.3) is 0 Å². The summed E-state index contributed by atoms with van der Waals surface area (Å²) in [6.45, 7) is 7.30. The van der Waals surface area contributed by atoms with Crippen molar-refractivity contribution in [1.82, 2.24) is 0 Å². The fraction of sp³-hybridized carbons (Fsp3) is 0.500. The van der Waals surface area contributed by atoms with Crippen molar-refractivity contribution >= 4 is 0 Å². The molecule has 0 radical (unpaired) electrons. The van der Waals surface area contributed by atoms with Gasteiger partial charge in [-0.15, -0.1) is 0 Å². The van der Waals surface area contributed by atoms with Gasteiger partial charge in [0.05, 0.1) is 6.10 Å². The minimum Gasteiger partial charge on any atom is -0.490 e. The first-order chi connectivity index (χ1) is 6.72. The molecule has 1 fully saturated rings. The van der Waals surface area contributed by atoms with Crippen molar-refractivity contribution < 1.29 is 4.74 Å². The Balaban J connectivity index is 2.46. The SMILES string of the molecule is C=C/C(=C\C(=C)N)OC1CCCCC1. The molecule has 1 saturated carbocycles. The summed E-state index contributed by atoms with van der Waals surface area (Å²) >= 11 is 0. The molecule has 14 heavy (non-hydrogen) atoms. The van der Waals surface area contributed by atoms with Gasteiger partial charge in [0.25, 0.3) is 0 Å². The van der Waals surface area contributed by atoms with Gasteiger partial charge in [-0.2, -0.15) is 0 Å². The number of nitrogens with two attached hydrogens (primary N) is 1. The van der Waals surface area contributed by atoms with Crippen LogP contribution in [-0.4, -0.2) is 6.10 Å². The molecule has 0 aliphatic heterocycles. The summed E-state index contributed by atoms with van der Waals surface area (Å²) in [4.78, 5) is 0. The number of allylic oxidation sites excluding steroid dienone is 2. The molecular formula is C12H19NO. The number of hydrogen-bond donors (Lipinski definition) is 1. The number of hydrogen-bond acceptors (Lipinski definition) is 2. The Bertz CT molecular complexity index is 237. The number of rotatable bonds is 4. The van der Waals surface area contributed by atoms with E-state index in [4.69, 9.17) is 10.5 Å². The van der Waals surface area contributed by atoms with Crippen LogP contribution in [0.1, 0.15) is 32.1 Å². The zero-order chi connectivity index (χ0) is 10.4. The topological polar surface area (TPSA) is 35.2 Å². The van der Waals surface area contributed by atoms with Gasteiger partial charge in [0, 0.05) is 11.8 Å². The van der Waals surface area contributed by atoms with E-state index < -0.39 is 0 Å². The highest BCUT2D eigenvalue weighted by atomic mass is 16.5. The Hall–Kier alpha value is -1.18. The average molecular weight is 193 g/mol. The summed E-state index contributed by atoms with van der Waals surface area (Å²) in [6.07, 6.45) is 9.89. The maximum absolute atomic E-state index is 5.75. The summed E-state index contributed by atoms with van der Waals surface area (Å²) in [6, 6.07) is 0. The van der Waals surface area contributed by atoms with E-state index in [0.29, 0.717) is 11.8 Å². The van der Waals surface area contributed by atoms with Gasteiger partial charge in [-0.1, -0.05) is 19.6 Å². The quantitative estimate of drug-likeness (QED) is 0.550. The molecule has 0 aromatic heterocycles. The van der Waals surface area contributed by atoms with Crippen molar-refractivity contribution in [3.05, 3.63) is 36.8 Å². The first-order valence-electron chi connectivity index (χ1n) is 5.17. The molecule has 0 aromatic rings. The summed E-state index contributed by atoms with van der Waals surface area (Å²) in [7, 11) is 0. The van der Waals surface area contributed by atoms with Crippen LogP contribution in [0.5, 0.6) is 0 Å². The molecule has 0 atom stereocenters. The lowest BCUT2D eigenvalue weighted by atomic mass is 9.98. The Labute approximate surface area is 86.1 Å². The second kappa shape index (κ2) is 5.53. The van der Waals surface area contributed by atoms with Crippen LogP contribution in [0.4, 0.5) is 0 Å². The van der Waals surface area contributed by atoms with Crippen LogP contribution >= 0.6 is 0 Å². The second-order valence-electron chi connectivity index (χ2n) is 3.70. The molecule has 0 saturated heterocycles. The molecule has 0 bridgehead atoms. The minimum atomic E-state index is 0.340. The third kappa shape index (κ3) is 3.69. The molecule has 0 aromatic carbocycles. The Morgan fingerprint density at radius 3 is 2.43 bits per heavy atom. The fourth-order valence-electron chi connectivity index (χ4n) is 1.70. The number of ether oxygens (including phenoxy) is 1. The van der Waals surface area contributed by atoms with Crippen molar-refractivity contribution in [2.24, 2.45) is 5.73 Å². The molecular weight excluding hydrogens is 174 g/mol. The molecule has 1 rings (SSSR count). The van der Waals surface area contributed by atoms with Crippen molar-refractivity contribution in [2.75, 3.05) is 0 Å². The third-order valence-corrected chi connectivity index (χ3v) is 2.38. The Kier molecular flexibility index (Phi) is 4.30. The molecule has 0 heterocycles. The van der Waals surface area contributed by atoms with Crippen LogP contribution in [0.2, 0.25) is 0 Å². The maximum Gasteiger partial charge on any atom is 0.121 e. The van der Waals surface area contributed by atoms with Gasteiger partial charge in [0.1, 0.15) is 5.76 Å². The third-order valence-electron chi connectivity index (χ3n) is 2.38. The summed E-state index contributed by atoms with van der Waals surface area (Å²) in [5.74, 6) is 0.740. The van der Waals surface area contributed by atoms with Crippen LogP contribution in [0, 0.1) is 0 Å². The summed E-state index contributed by atoms with van der Waals surface area (Å²) in [5, 5.41) is 0. The van der Waals surface area contributed by atoms with Crippen LogP contribution < -0.4 is 5.73 Å². The summed E-state index contributed by atoms with van der Waals surface area (Å²) < 4.78 is 5.75. The Morgan fingerprint density at radius 1 is 1.29 bits per heavy atom. The van der Waals surface area contributed by atoms with E-state index in [9.17, 15) is 0 Å². The van der Waals surface area contributed by atoms with E-state index in [1.807, 2.05) is 0 Å². The lowest BCUT2D eigenvalue weighted by Gasteiger charge is -2.23. The molecule has 2 nitrogen and oxygen atoms in total. The van der Waals surface area contributed by atoms with E-state index >= 15 is 0 Å². The predicted octanol–water partition coefficient (Wildman–Crippen LogP) is 2.88. The van der Waals surface area contributed by atoms with Gasteiger partial charge >= 0.3 is 0 Å². The molecule has 2 N–H and O–H groups in total. The molecule has 0 amide bonds. The van der Waals surface area contributed by atoms with E-state index in [2.05, 4.69) is 13.2 Å². The standard InChI is InChI=1S/C12H19NO/c1-3-11(9-10(2)13)14-12-7-5-4-6-8-12/h3,9,12H,1-2,4-8,13H2/b11-9+. The zero-order valence-corrected chi connectivity index (χ0v) is 8.67. The molecule has 0 spiro atoms. The second-order valence-corrected chi connectivity index (χ2v) is 3.70. The van der Waals surface area contributed by atoms with Crippen LogP contribution in [0.3, 0.4) is 0 Å².